The molecule has 11 heteroatoms. The van der Waals surface area contributed by atoms with Crippen LogP contribution >= 0.6 is 11.6 Å². The van der Waals surface area contributed by atoms with E-state index in [1.165, 1.54) is 28.8 Å². The molecule has 0 spiro atoms. The van der Waals surface area contributed by atoms with Gasteiger partial charge in [0.15, 0.2) is 5.58 Å². The number of benzene rings is 3. The number of oxime groups is 1. The van der Waals surface area contributed by atoms with Crippen LogP contribution in [0.25, 0.3) is 27.7 Å². The summed E-state index contributed by atoms with van der Waals surface area (Å²) in [5, 5.41) is 14.2. The van der Waals surface area contributed by atoms with Crippen molar-refractivity contribution in [2.45, 2.75) is 44.6 Å². The number of hydrogen-bond donors (Lipinski definition) is 1. The third kappa shape index (κ3) is 5.18. The Labute approximate surface area is 237 Å². The molecule has 3 heterocycles. The Morgan fingerprint density at radius 2 is 1.88 bits per heavy atom. The van der Waals surface area contributed by atoms with Gasteiger partial charge in [-0.1, -0.05) is 22.8 Å². The van der Waals surface area contributed by atoms with Crippen LogP contribution in [-0.4, -0.2) is 31.3 Å². The molecule has 1 unspecified atom stereocenters. The molecule has 9 nitrogen and oxygen atoms in total. The second kappa shape index (κ2) is 10.4. The molecule has 0 bridgehead atoms. The summed E-state index contributed by atoms with van der Waals surface area (Å²) in [6, 6.07) is 16.1. The molecule has 6 rings (SSSR count). The molecule has 208 valence electrons. The van der Waals surface area contributed by atoms with E-state index >= 15 is 0 Å². The molecular weight excluding hydrogens is 551 g/mol. The number of rotatable bonds is 8. The Morgan fingerprint density at radius 1 is 1.07 bits per heavy atom. The van der Waals surface area contributed by atoms with Crippen molar-refractivity contribution in [1.82, 2.24) is 14.5 Å². The average molecular weight is 575 g/mol. The summed E-state index contributed by atoms with van der Waals surface area (Å²) in [7, 11) is 0. The lowest BCUT2D eigenvalue weighted by atomic mass is 9.95. The summed E-state index contributed by atoms with van der Waals surface area (Å²) < 4.78 is 21.0. The smallest absolute Gasteiger partial charge is 0.303 e. The molecule has 2 aromatic heterocycles. The lowest BCUT2D eigenvalue weighted by molar-refractivity contribution is -0.137. The van der Waals surface area contributed by atoms with Crippen molar-refractivity contribution in [3.05, 3.63) is 99.1 Å². The van der Waals surface area contributed by atoms with Gasteiger partial charge in [0, 0.05) is 29.8 Å². The number of halogens is 2. The molecule has 0 amide bonds. The van der Waals surface area contributed by atoms with E-state index in [9.17, 15) is 14.0 Å². The van der Waals surface area contributed by atoms with E-state index in [1.54, 1.807) is 36.4 Å². The van der Waals surface area contributed by atoms with Crippen LogP contribution in [0.4, 0.5) is 4.39 Å². The van der Waals surface area contributed by atoms with Gasteiger partial charge in [-0.25, -0.2) is 14.4 Å². The monoisotopic (exact) mass is 574 g/mol. The Bertz CT molecular complexity index is 1900. The summed E-state index contributed by atoms with van der Waals surface area (Å²) in [5.41, 5.74) is 2.27. The van der Waals surface area contributed by atoms with E-state index in [0.29, 0.717) is 75.8 Å². The topological polar surface area (TPSA) is 120 Å². The predicted molar refractivity (Wildman–Crippen MR) is 151 cm³/mol. The number of aliphatic carboxylic acids is 1. The predicted octanol–water partition coefficient (Wildman–Crippen LogP) is 6.16. The largest absolute Gasteiger partial charge is 0.481 e. The van der Waals surface area contributed by atoms with Crippen molar-refractivity contribution in [3.8, 4) is 5.69 Å². The zero-order chi connectivity index (χ0) is 28.7. The molecule has 0 saturated heterocycles. The van der Waals surface area contributed by atoms with Crippen LogP contribution in [0.5, 0.6) is 0 Å². The molecular formula is C30H24ClFN4O5. The highest BCUT2D eigenvalue weighted by molar-refractivity contribution is 6.31. The van der Waals surface area contributed by atoms with Crippen molar-refractivity contribution < 1.29 is 23.5 Å². The molecule has 1 aliphatic heterocycles. The van der Waals surface area contributed by atoms with Gasteiger partial charge in [0.2, 0.25) is 11.5 Å². The highest BCUT2D eigenvalue weighted by atomic mass is 35.5. The number of fused-ring (bicyclic) bond motifs is 2. The zero-order valence-corrected chi connectivity index (χ0v) is 22.7. The molecule has 0 saturated carbocycles. The fraction of sp³-hybridized carbons (Fsp3) is 0.233. The van der Waals surface area contributed by atoms with E-state index in [0.717, 1.165) is 5.56 Å². The van der Waals surface area contributed by atoms with Crippen molar-refractivity contribution in [2.24, 2.45) is 5.16 Å². The van der Waals surface area contributed by atoms with Gasteiger partial charge in [0.1, 0.15) is 17.2 Å². The standard InChI is InChI=1S/C30H24ClFN4O5/c1-30(29-34-23-15-18(31)7-13-25(23)40-29)16-24(35-41-30)17-6-12-21-22(14-17)33-26(4-2-3-5-27(37)38)36(28(21)39)20-10-8-19(32)9-11-20/h6-15H,2-5,16H2,1H3,(H,37,38). The van der Waals surface area contributed by atoms with Gasteiger partial charge in [-0.15, -0.1) is 0 Å². The second-order valence-electron chi connectivity index (χ2n) is 10.1. The maximum Gasteiger partial charge on any atom is 0.303 e. The first-order chi connectivity index (χ1) is 19.7. The third-order valence-electron chi connectivity index (χ3n) is 7.06. The van der Waals surface area contributed by atoms with Crippen LogP contribution in [0.15, 0.2) is 75.0 Å². The maximum atomic E-state index is 13.7. The lowest BCUT2D eigenvalue weighted by Gasteiger charge is -2.16. The summed E-state index contributed by atoms with van der Waals surface area (Å²) in [4.78, 5) is 39.8. The summed E-state index contributed by atoms with van der Waals surface area (Å²) in [5.74, 6) is -0.476. The molecule has 5 aromatic rings. The van der Waals surface area contributed by atoms with E-state index in [1.807, 2.05) is 6.92 Å². The number of nitrogens with zero attached hydrogens (tertiary/aromatic N) is 4. The molecule has 3 aromatic carbocycles. The average Bonchev–Trinajstić information content (AvgIpc) is 3.56. The Hall–Kier alpha value is -4.57. The molecule has 41 heavy (non-hydrogen) atoms. The number of aryl methyl sites for hydroxylation is 1. The fourth-order valence-electron chi connectivity index (χ4n) is 4.93. The Kier molecular flexibility index (Phi) is 6.78. The zero-order valence-electron chi connectivity index (χ0n) is 21.9. The normalized spacial score (nSPS) is 16.7. The SMILES string of the molecule is CC1(c2nc3cc(Cl)ccc3o2)CC(c2ccc3c(=O)n(-c4ccc(F)cc4)c(CCCCC(=O)O)nc3c2)=NO1. The first-order valence-electron chi connectivity index (χ1n) is 13.1. The number of hydrogen-bond acceptors (Lipinski definition) is 7. The summed E-state index contributed by atoms with van der Waals surface area (Å²) in [6.07, 6.45) is 1.70. The van der Waals surface area contributed by atoms with Crippen molar-refractivity contribution in [2.75, 3.05) is 0 Å². The minimum absolute atomic E-state index is 0.0181. The van der Waals surface area contributed by atoms with Crippen LogP contribution in [0.3, 0.4) is 0 Å². The highest BCUT2D eigenvalue weighted by Crippen LogP contribution is 2.37. The van der Waals surface area contributed by atoms with Crippen LogP contribution in [0, 0.1) is 5.82 Å². The molecule has 1 atom stereocenters. The maximum absolute atomic E-state index is 13.7. The third-order valence-corrected chi connectivity index (χ3v) is 7.30. The Balaban J connectivity index is 1.34. The van der Waals surface area contributed by atoms with Crippen LogP contribution in [0.2, 0.25) is 5.02 Å². The van der Waals surface area contributed by atoms with Crippen LogP contribution < -0.4 is 5.56 Å². The lowest BCUT2D eigenvalue weighted by Crippen LogP contribution is -2.24. The van der Waals surface area contributed by atoms with Crippen LogP contribution in [-0.2, 0) is 21.7 Å². The minimum Gasteiger partial charge on any atom is -0.481 e. The number of carboxylic acid groups (broad SMARTS) is 1. The number of aromatic nitrogens is 3. The second-order valence-corrected chi connectivity index (χ2v) is 10.6. The number of unbranched alkanes of at least 4 members (excludes halogenated alkanes) is 1. The molecule has 1 aliphatic rings. The summed E-state index contributed by atoms with van der Waals surface area (Å²) >= 11 is 6.09. The summed E-state index contributed by atoms with van der Waals surface area (Å²) in [6.45, 7) is 1.84. The van der Waals surface area contributed by atoms with Gasteiger partial charge >= 0.3 is 5.97 Å². The fourth-order valence-corrected chi connectivity index (χ4v) is 5.10. The highest BCUT2D eigenvalue weighted by Gasteiger charge is 2.41. The molecule has 1 N–H and O–H groups in total. The van der Waals surface area contributed by atoms with Gasteiger partial charge in [0.25, 0.3) is 5.56 Å². The molecule has 0 fully saturated rings. The first kappa shape index (κ1) is 26.6. The van der Waals surface area contributed by atoms with Crippen molar-refractivity contribution >= 4 is 45.3 Å². The number of oxazole rings is 1. The van der Waals surface area contributed by atoms with Gasteiger partial charge in [-0.05, 0) is 74.4 Å². The van der Waals surface area contributed by atoms with E-state index in [4.69, 9.17) is 30.9 Å². The quantitative estimate of drug-likeness (QED) is 0.220. The van der Waals surface area contributed by atoms with Crippen molar-refractivity contribution in [3.63, 3.8) is 0 Å². The molecule has 0 radical (unpaired) electrons. The molecule has 0 aliphatic carbocycles. The van der Waals surface area contributed by atoms with Gasteiger partial charge in [-0.2, -0.15) is 0 Å². The first-order valence-corrected chi connectivity index (χ1v) is 13.4. The van der Waals surface area contributed by atoms with E-state index < -0.39 is 17.4 Å². The van der Waals surface area contributed by atoms with E-state index in [-0.39, 0.29) is 12.0 Å². The van der Waals surface area contributed by atoms with Gasteiger partial charge in [-0.3, -0.25) is 14.2 Å². The van der Waals surface area contributed by atoms with Gasteiger partial charge < -0.3 is 14.4 Å². The van der Waals surface area contributed by atoms with Crippen molar-refractivity contribution in [1.29, 1.82) is 0 Å². The minimum atomic E-state index is -0.940. The van der Waals surface area contributed by atoms with Crippen LogP contribution in [0.1, 0.15) is 49.9 Å². The Morgan fingerprint density at radius 3 is 2.66 bits per heavy atom. The number of carbonyl (C=O) groups is 1. The van der Waals surface area contributed by atoms with Gasteiger partial charge in [0.05, 0.1) is 22.3 Å². The van der Waals surface area contributed by atoms with E-state index in [2.05, 4.69) is 10.1 Å². The number of carboxylic acids is 1.